The highest BCUT2D eigenvalue weighted by atomic mass is 16.5. The van der Waals surface area contributed by atoms with Crippen LogP contribution in [-0.2, 0) is 0 Å². The Labute approximate surface area is 127 Å². The molecule has 0 radical (unpaired) electrons. The van der Waals surface area contributed by atoms with Gasteiger partial charge in [0.2, 0.25) is 0 Å². The Morgan fingerprint density at radius 2 is 1.90 bits per heavy atom. The number of Topliss-reactive ketones (excluding diaryl/α,β-unsaturated/α-hetero) is 1. The average molecular weight is 290 g/mol. The normalized spacial score (nSPS) is 17.2. The monoisotopic (exact) mass is 290 g/mol. The first kappa shape index (κ1) is 16.0. The maximum atomic E-state index is 12.6. The summed E-state index contributed by atoms with van der Waals surface area (Å²) in [5.74, 6) is 1.34. The lowest BCUT2D eigenvalue weighted by atomic mass is 9.94. The zero-order valence-corrected chi connectivity index (χ0v) is 13.6. The maximum Gasteiger partial charge on any atom is 0.177 e. The fourth-order valence-corrected chi connectivity index (χ4v) is 2.69. The standard InChI is InChI=1S/C17H26N2O2/c1-13(2)16-11-14(21-4)5-6-15(16)17(20)12-19-9-7-18(3)8-10-19/h5-6,11,13H,7-10,12H2,1-4H3. The minimum absolute atomic E-state index is 0.214. The zero-order valence-electron chi connectivity index (χ0n) is 13.6. The van der Waals surface area contributed by atoms with Crippen LogP contribution in [0.1, 0.15) is 35.7 Å². The van der Waals surface area contributed by atoms with Crippen molar-refractivity contribution in [2.75, 3.05) is 46.9 Å². The van der Waals surface area contributed by atoms with Crippen molar-refractivity contribution in [3.8, 4) is 5.75 Å². The van der Waals surface area contributed by atoms with Gasteiger partial charge in [-0.05, 0) is 36.7 Å². The van der Waals surface area contributed by atoms with E-state index in [0.29, 0.717) is 12.5 Å². The van der Waals surface area contributed by atoms with Crippen molar-refractivity contribution in [3.63, 3.8) is 0 Å². The van der Waals surface area contributed by atoms with Gasteiger partial charge in [-0.25, -0.2) is 0 Å². The molecular weight excluding hydrogens is 264 g/mol. The van der Waals surface area contributed by atoms with Crippen molar-refractivity contribution in [2.24, 2.45) is 0 Å². The van der Waals surface area contributed by atoms with Gasteiger partial charge in [-0.15, -0.1) is 0 Å². The third kappa shape index (κ3) is 4.05. The van der Waals surface area contributed by atoms with Crippen molar-refractivity contribution in [3.05, 3.63) is 29.3 Å². The molecule has 0 bridgehead atoms. The second-order valence-electron chi connectivity index (χ2n) is 6.11. The van der Waals surface area contributed by atoms with Gasteiger partial charge in [0, 0.05) is 31.7 Å². The summed E-state index contributed by atoms with van der Waals surface area (Å²) >= 11 is 0. The minimum atomic E-state index is 0.214. The first-order chi connectivity index (χ1) is 10.0. The van der Waals surface area contributed by atoms with Crippen LogP contribution in [-0.4, -0.2) is 62.5 Å². The third-order valence-corrected chi connectivity index (χ3v) is 4.14. The molecule has 1 aliphatic rings. The van der Waals surface area contributed by atoms with Crippen LogP contribution in [0.25, 0.3) is 0 Å². The van der Waals surface area contributed by atoms with Gasteiger partial charge in [0.25, 0.3) is 0 Å². The topological polar surface area (TPSA) is 32.8 Å². The van der Waals surface area contributed by atoms with E-state index in [2.05, 4.69) is 30.7 Å². The molecule has 0 saturated carbocycles. The lowest BCUT2D eigenvalue weighted by molar-refractivity contribution is 0.0875. The number of carbonyl (C=O) groups is 1. The minimum Gasteiger partial charge on any atom is -0.497 e. The quantitative estimate of drug-likeness (QED) is 0.779. The van der Waals surface area contributed by atoms with Crippen LogP contribution < -0.4 is 4.74 Å². The molecule has 1 fully saturated rings. The summed E-state index contributed by atoms with van der Waals surface area (Å²) in [6.45, 7) is 8.74. The van der Waals surface area contributed by atoms with Crippen LogP contribution in [0, 0.1) is 0 Å². The largest absolute Gasteiger partial charge is 0.497 e. The van der Waals surface area contributed by atoms with Gasteiger partial charge in [-0.3, -0.25) is 9.69 Å². The molecule has 0 N–H and O–H groups in total. The Morgan fingerprint density at radius 1 is 1.24 bits per heavy atom. The van der Waals surface area contributed by atoms with Crippen molar-refractivity contribution >= 4 is 5.78 Å². The Hall–Kier alpha value is -1.39. The number of likely N-dealkylation sites (N-methyl/N-ethyl adjacent to an activating group) is 1. The molecular formula is C17H26N2O2. The molecule has 116 valence electrons. The highest BCUT2D eigenvalue weighted by molar-refractivity contribution is 5.99. The number of rotatable bonds is 5. The fraction of sp³-hybridized carbons (Fsp3) is 0.588. The van der Waals surface area contributed by atoms with Gasteiger partial charge in [0.05, 0.1) is 13.7 Å². The van der Waals surface area contributed by atoms with Crippen LogP contribution in [0.2, 0.25) is 0 Å². The van der Waals surface area contributed by atoms with E-state index in [1.165, 1.54) is 0 Å². The Bertz CT molecular complexity index is 492. The highest BCUT2D eigenvalue weighted by Gasteiger charge is 2.20. The van der Waals surface area contributed by atoms with E-state index in [1.807, 2.05) is 18.2 Å². The van der Waals surface area contributed by atoms with Crippen LogP contribution in [0.15, 0.2) is 18.2 Å². The molecule has 4 nitrogen and oxygen atoms in total. The molecule has 0 atom stereocenters. The molecule has 21 heavy (non-hydrogen) atoms. The van der Waals surface area contributed by atoms with Gasteiger partial charge >= 0.3 is 0 Å². The third-order valence-electron chi connectivity index (χ3n) is 4.14. The molecule has 1 aliphatic heterocycles. The van der Waals surface area contributed by atoms with Crippen molar-refractivity contribution < 1.29 is 9.53 Å². The molecule has 0 unspecified atom stereocenters. The average Bonchev–Trinajstić information content (AvgIpc) is 2.48. The van der Waals surface area contributed by atoms with E-state index in [1.54, 1.807) is 7.11 Å². The summed E-state index contributed by atoms with van der Waals surface area (Å²) in [6.07, 6.45) is 0. The Balaban J connectivity index is 2.11. The number of ether oxygens (including phenoxy) is 1. The number of benzene rings is 1. The van der Waals surface area contributed by atoms with E-state index in [4.69, 9.17) is 4.74 Å². The highest BCUT2D eigenvalue weighted by Crippen LogP contribution is 2.25. The molecule has 0 aromatic heterocycles. The van der Waals surface area contributed by atoms with E-state index in [-0.39, 0.29) is 5.78 Å². The van der Waals surface area contributed by atoms with E-state index >= 15 is 0 Å². The number of nitrogens with zero attached hydrogens (tertiary/aromatic N) is 2. The summed E-state index contributed by atoms with van der Waals surface area (Å²) in [5, 5.41) is 0. The number of piperazine rings is 1. The van der Waals surface area contributed by atoms with E-state index in [9.17, 15) is 4.79 Å². The van der Waals surface area contributed by atoms with Crippen molar-refractivity contribution in [2.45, 2.75) is 19.8 Å². The van der Waals surface area contributed by atoms with Crippen molar-refractivity contribution in [1.82, 2.24) is 9.80 Å². The van der Waals surface area contributed by atoms with Gasteiger partial charge in [0.15, 0.2) is 5.78 Å². The summed E-state index contributed by atoms with van der Waals surface area (Å²) in [5.41, 5.74) is 1.92. The predicted molar refractivity (Wildman–Crippen MR) is 85.4 cm³/mol. The molecule has 0 spiro atoms. The zero-order chi connectivity index (χ0) is 15.4. The molecule has 1 aromatic carbocycles. The number of carbonyl (C=O) groups excluding carboxylic acids is 1. The number of methoxy groups -OCH3 is 1. The van der Waals surface area contributed by atoms with Crippen molar-refractivity contribution in [1.29, 1.82) is 0 Å². The van der Waals surface area contributed by atoms with Gasteiger partial charge in [-0.1, -0.05) is 13.8 Å². The molecule has 1 aromatic rings. The molecule has 0 amide bonds. The second-order valence-corrected chi connectivity index (χ2v) is 6.11. The predicted octanol–water partition coefficient (Wildman–Crippen LogP) is 2.25. The second kappa shape index (κ2) is 7.05. The van der Waals surface area contributed by atoms with Crippen LogP contribution >= 0.6 is 0 Å². The molecule has 1 heterocycles. The summed E-state index contributed by atoms with van der Waals surface area (Å²) in [6, 6.07) is 5.78. The summed E-state index contributed by atoms with van der Waals surface area (Å²) < 4.78 is 5.27. The number of hydrogen-bond acceptors (Lipinski definition) is 4. The van der Waals surface area contributed by atoms with Crippen LogP contribution in [0.4, 0.5) is 0 Å². The lowest BCUT2D eigenvalue weighted by Crippen LogP contribution is -2.46. The number of ketones is 1. The summed E-state index contributed by atoms with van der Waals surface area (Å²) in [7, 11) is 3.78. The smallest absolute Gasteiger partial charge is 0.177 e. The first-order valence-electron chi connectivity index (χ1n) is 7.63. The summed E-state index contributed by atoms with van der Waals surface area (Å²) in [4.78, 5) is 17.2. The van der Waals surface area contributed by atoms with E-state index < -0.39 is 0 Å². The Kier molecular flexibility index (Phi) is 5.37. The van der Waals surface area contributed by atoms with Gasteiger partial charge < -0.3 is 9.64 Å². The maximum absolute atomic E-state index is 12.6. The molecule has 4 heteroatoms. The molecule has 2 rings (SSSR count). The first-order valence-corrected chi connectivity index (χ1v) is 7.63. The SMILES string of the molecule is COc1ccc(C(=O)CN2CCN(C)CC2)c(C(C)C)c1. The van der Waals surface area contributed by atoms with E-state index in [0.717, 1.165) is 43.1 Å². The molecule has 1 saturated heterocycles. The number of hydrogen-bond donors (Lipinski definition) is 0. The lowest BCUT2D eigenvalue weighted by Gasteiger charge is -2.32. The van der Waals surface area contributed by atoms with Crippen LogP contribution in [0.5, 0.6) is 5.75 Å². The molecule has 0 aliphatic carbocycles. The van der Waals surface area contributed by atoms with Crippen LogP contribution in [0.3, 0.4) is 0 Å². The Morgan fingerprint density at radius 3 is 2.48 bits per heavy atom. The van der Waals surface area contributed by atoms with Gasteiger partial charge in [-0.2, -0.15) is 0 Å². The van der Waals surface area contributed by atoms with Gasteiger partial charge in [0.1, 0.15) is 5.75 Å². The fourth-order valence-electron chi connectivity index (χ4n) is 2.69.